The number of hydrogen-bond donors (Lipinski definition) is 3. The maximum Gasteiger partial charge on any atom is 0.333 e. The van der Waals surface area contributed by atoms with E-state index in [4.69, 9.17) is 16.7 Å². The molecule has 0 saturated heterocycles. The average molecular weight is 515 g/mol. The van der Waals surface area contributed by atoms with Crippen molar-refractivity contribution in [3.05, 3.63) is 50.6 Å². The topological polar surface area (TPSA) is 144 Å². The summed E-state index contributed by atoms with van der Waals surface area (Å²) in [6.07, 6.45) is 4.64. The van der Waals surface area contributed by atoms with E-state index in [9.17, 15) is 18.3 Å². The highest BCUT2D eigenvalue weighted by atomic mass is 35.5. The minimum Gasteiger partial charge on any atom is -0.393 e. The first kappa shape index (κ1) is 25.7. The van der Waals surface area contributed by atoms with Crippen molar-refractivity contribution >= 4 is 44.8 Å². The number of nitrogens with one attached hydrogen (secondary N) is 1. The Balaban J connectivity index is 1.77. The summed E-state index contributed by atoms with van der Waals surface area (Å²) in [6, 6.07) is 1.62. The number of nitrogens with zero attached hydrogens (tertiary/aromatic N) is 2. The number of aliphatic hydroxyl groups excluding tert-OH is 1. The third-order valence-corrected chi connectivity index (χ3v) is 7.81. The normalized spacial score (nSPS) is 22.4. The number of anilines is 1. The van der Waals surface area contributed by atoms with Gasteiger partial charge in [-0.15, -0.1) is 11.3 Å². The van der Waals surface area contributed by atoms with Crippen LogP contribution in [0.5, 0.6) is 0 Å². The molecule has 2 aromatic heterocycles. The third-order valence-electron chi connectivity index (χ3n) is 5.74. The van der Waals surface area contributed by atoms with Crippen molar-refractivity contribution in [1.82, 2.24) is 9.97 Å². The van der Waals surface area contributed by atoms with Crippen LogP contribution in [0.3, 0.4) is 0 Å². The summed E-state index contributed by atoms with van der Waals surface area (Å²) in [7, 11) is -4.08. The lowest BCUT2D eigenvalue weighted by Crippen LogP contribution is -2.24. The summed E-state index contributed by atoms with van der Waals surface area (Å²) in [5.41, 5.74) is 1.31. The largest absolute Gasteiger partial charge is 0.393 e. The monoisotopic (exact) mass is 514 g/mol. The minimum atomic E-state index is -4.08. The molecule has 3 rings (SSSR count). The van der Waals surface area contributed by atoms with Gasteiger partial charge in [0.05, 0.1) is 23.2 Å². The highest BCUT2D eigenvalue weighted by molar-refractivity contribution is 7.84. The second-order valence-corrected chi connectivity index (χ2v) is 11.0. The van der Waals surface area contributed by atoms with Crippen LogP contribution in [0.25, 0.3) is 0 Å². The molecule has 180 valence electrons. The molecule has 1 saturated carbocycles. The van der Waals surface area contributed by atoms with E-state index in [0.717, 1.165) is 10.4 Å². The van der Waals surface area contributed by atoms with Gasteiger partial charge in [0.25, 0.3) is 0 Å². The van der Waals surface area contributed by atoms with Gasteiger partial charge in [0.2, 0.25) is 5.78 Å². The highest BCUT2D eigenvalue weighted by Crippen LogP contribution is 2.35. The second kappa shape index (κ2) is 10.6. The molecule has 0 radical (unpaired) electrons. The molecule has 1 aliphatic rings. The maximum atomic E-state index is 13.3. The van der Waals surface area contributed by atoms with Crippen molar-refractivity contribution in [3.63, 3.8) is 0 Å². The highest BCUT2D eigenvalue weighted by Gasteiger charge is 2.35. The predicted octanol–water partition coefficient (Wildman–Crippen LogP) is 3.10. The zero-order valence-corrected chi connectivity index (χ0v) is 20.9. The summed E-state index contributed by atoms with van der Waals surface area (Å²) in [6.45, 7) is 5.61. The average Bonchev–Trinajstić information content (AvgIpc) is 3.32. The van der Waals surface area contributed by atoms with Crippen LogP contribution in [-0.2, 0) is 14.5 Å². The lowest BCUT2D eigenvalue weighted by molar-refractivity contribution is 0.101. The van der Waals surface area contributed by atoms with E-state index in [1.165, 1.54) is 23.9 Å². The Hall–Kier alpha value is -1.89. The zero-order chi connectivity index (χ0) is 24.3. The molecular formula is C21H27ClN4O5S2. The molecule has 1 fully saturated rings. The Morgan fingerprint density at radius 3 is 2.88 bits per heavy atom. The number of halogens is 1. The van der Waals surface area contributed by atoms with E-state index in [2.05, 4.69) is 19.5 Å². The lowest BCUT2D eigenvalue weighted by atomic mass is 10.00. The fourth-order valence-electron chi connectivity index (χ4n) is 3.96. The summed E-state index contributed by atoms with van der Waals surface area (Å²) < 4.78 is 26.7. The number of hydrogen-bond acceptors (Lipinski definition) is 9. The van der Waals surface area contributed by atoms with Crippen LogP contribution in [0.1, 0.15) is 58.3 Å². The van der Waals surface area contributed by atoms with E-state index in [1.807, 2.05) is 32.9 Å². The fraction of sp³-hybridized carbons (Fsp3) is 0.476. The molecule has 9 nitrogen and oxygen atoms in total. The number of nitrogens with two attached hydrogens (primary N) is 1. The Morgan fingerprint density at radius 1 is 1.48 bits per heavy atom. The molecule has 33 heavy (non-hydrogen) atoms. The molecule has 2 heterocycles. The van der Waals surface area contributed by atoms with Crippen molar-refractivity contribution in [2.24, 2.45) is 11.1 Å². The molecule has 0 amide bonds. The van der Waals surface area contributed by atoms with Gasteiger partial charge in [-0.25, -0.2) is 15.1 Å². The van der Waals surface area contributed by atoms with Gasteiger partial charge in [-0.3, -0.25) is 8.98 Å². The van der Waals surface area contributed by atoms with Crippen LogP contribution in [0.4, 0.5) is 5.82 Å². The van der Waals surface area contributed by atoms with Crippen LogP contribution in [0, 0.1) is 12.8 Å². The van der Waals surface area contributed by atoms with Gasteiger partial charge < -0.3 is 10.4 Å². The van der Waals surface area contributed by atoms with Gasteiger partial charge in [0, 0.05) is 34.0 Å². The van der Waals surface area contributed by atoms with E-state index in [0.29, 0.717) is 34.1 Å². The van der Waals surface area contributed by atoms with Crippen molar-refractivity contribution in [2.45, 2.75) is 51.7 Å². The Labute approximate surface area is 202 Å². The maximum absolute atomic E-state index is 13.3. The SMILES string of the molecule is C/C=C(/Cl)C(C)c1cc(C(=O)c2cncnc2N[C@@H]2C[C@H](COS(N)(=O)=O)[C@@H](O)C2)sc1C. The Kier molecular flexibility index (Phi) is 8.25. The third kappa shape index (κ3) is 6.37. The molecule has 4 atom stereocenters. The predicted molar refractivity (Wildman–Crippen MR) is 128 cm³/mol. The van der Waals surface area contributed by atoms with Crippen molar-refractivity contribution < 1.29 is 22.5 Å². The summed E-state index contributed by atoms with van der Waals surface area (Å²) in [5.74, 6) is -0.293. The molecule has 0 aliphatic heterocycles. The Bertz CT molecular complexity index is 1150. The van der Waals surface area contributed by atoms with Crippen LogP contribution < -0.4 is 10.5 Å². The molecule has 1 unspecified atom stereocenters. The summed E-state index contributed by atoms with van der Waals surface area (Å²) in [5, 5.41) is 19.0. The van der Waals surface area contributed by atoms with Crippen LogP contribution in [-0.4, -0.2) is 48.0 Å². The van der Waals surface area contributed by atoms with Crippen molar-refractivity contribution in [2.75, 3.05) is 11.9 Å². The number of thiophene rings is 1. The Morgan fingerprint density at radius 2 is 2.21 bits per heavy atom. The molecule has 0 spiro atoms. The van der Waals surface area contributed by atoms with Gasteiger partial charge in [0.1, 0.15) is 12.1 Å². The zero-order valence-electron chi connectivity index (χ0n) is 18.5. The molecule has 4 N–H and O–H groups in total. The number of rotatable bonds is 9. The van der Waals surface area contributed by atoms with Crippen molar-refractivity contribution in [1.29, 1.82) is 0 Å². The summed E-state index contributed by atoms with van der Waals surface area (Å²) >= 11 is 7.69. The molecule has 0 bridgehead atoms. The van der Waals surface area contributed by atoms with Crippen LogP contribution in [0.2, 0.25) is 0 Å². The minimum absolute atomic E-state index is 0.0180. The number of aliphatic hydroxyl groups is 1. The van der Waals surface area contributed by atoms with E-state index in [-0.39, 0.29) is 24.3 Å². The number of allylic oxidation sites excluding steroid dienone is 2. The fourth-order valence-corrected chi connectivity index (χ4v) is 5.51. The number of ketones is 1. The molecule has 12 heteroatoms. The second-order valence-electron chi connectivity index (χ2n) is 8.05. The van der Waals surface area contributed by atoms with Gasteiger partial charge in [-0.05, 0) is 38.3 Å². The van der Waals surface area contributed by atoms with E-state index < -0.39 is 22.3 Å². The molecular weight excluding hydrogens is 488 g/mol. The quantitative estimate of drug-likeness (QED) is 0.433. The standard InChI is InChI=1S/C21H27ClN4O5S2/c1-4-17(22)11(2)15-7-19(32-12(15)3)20(28)16-8-24-10-25-21(16)26-14-5-13(18(27)6-14)9-31-33(23,29)30/h4,7-8,10-11,13-14,18,27H,5-6,9H2,1-3H3,(H2,23,29,30)(H,24,25,26)/b17-4+/t11?,13-,14-,18+/m1/s1. The van der Waals surface area contributed by atoms with Gasteiger partial charge >= 0.3 is 10.3 Å². The first-order valence-electron chi connectivity index (χ1n) is 10.4. The number of carbonyl (C=O) groups is 1. The molecule has 2 aromatic rings. The number of aryl methyl sites for hydroxylation is 1. The number of carbonyl (C=O) groups excluding carboxylic acids is 1. The van der Waals surface area contributed by atoms with Crippen LogP contribution >= 0.6 is 22.9 Å². The van der Waals surface area contributed by atoms with Gasteiger partial charge in [0.15, 0.2) is 0 Å². The first-order valence-corrected chi connectivity index (χ1v) is 13.0. The molecule has 1 aliphatic carbocycles. The van der Waals surface area contributed by atoms with E-state index >= 15 is 0 Å². The number of aromatic nitrogens is 2. The van der Waals surface area contributed by atoms with Gasteiger partial charge in [-0.2, -0.15) is 8.42 Å². The summed E-state index contributed by atoms with van der Waals surface area (Å²) in [4.78, 5) is 23.1. The van der Waals surface area contributed by atoms with Crippen LogP contribution in [0.15, 0.2) is 29.7 Å². The van der Waals surface area contributed by atoms with Crippen molar-refractivity contribution in [3.8, 4) is 0 Å². The molecule has 0 aromatic carbocycles. The first-order chi connectivity index (χ1) is 15.5. The van der Waals surface area contributed by atoms with Gasteiger partial charge in [-0.1, -0.05) is 24.6 Å². The van der Waals surface area contributed by atoms with E-state index in [1.54, 1.807) is 0 Å². The lowest BCUT2D eigenvalue weighted by Gasteiger charge is -2.15. The smallest absolute Gasteiger partial charge is 0.333 e.